The molecule has 0 fully saturated rings. The normalized spacial score (nSPS) is 12.0. The molecule has 6 heteroatoms. The Morgan fingerprint density at radius 2 is 2.15 bits per heavy atom. The number of methoxy groups -OCH3 is 1. The molecule has 0 bridgehead atoms. The molecule has 2 N–H and O–H groups in total. The van der Waals surface area contributed by atoms with Crippen LogP contribution in [0.5, 0.6) is 5.75 Å². The second kappa shape index (κ2) is 7.49. The zero-order valence-electron chi connectivity index (χ0n) is 11.9. The van der Waals surface area contributed by atoms with Crippen LogP contribution in [0.3, 0.4) is 0 Å². The minimum absolute atomic E-state index is 0.0391. The summed E-state index contributed by atoms with van der Waals surface area (Å²) >= 11 is 0. The highest BCUT2D eigenvalue weighted by atomic mass is 16.5. The Kier molecular flexibility index (Phi) is 5.99. The molecule has 1 aromatic carbocycles. The number of carboxylic acids is 1. The van der Waals surface area contributed by atoms with Crippen molar-refractivity contribution in [2.45, 2.75) is 19.5 Å². The van der Waals surface area contributed by atoms with Crippen molar-refractivity contribution in [2.75, 3.05) is 20.7 Å². The largest absolute Gasteiger partial charge is 0.497 e. The fourth-order valence-corrected chi connectivity index (χ4v) is 1.59. The maximum atomic E-state index is 11.7. The summed E-state index contributed by atoms with van der Waals surface area (Å²) < 4.78 is 5.10. The van der Waals surface area contributed by atoms with E-state index in [9.17, 15) is 9.59 Å². The molecule has 0 aliphatic carbocycles. The van der Waals surface area contributed by atoms with E-state index in [-0.39, 0.29) is 12.5 Å². The second-order valence-electron chi connectivity index (χ2n) is 4.56. The van der Waals surface area contributed by atoms with Gasteiger partial charge in [-0.25, -0.2) is 0 Å². The van der Waals surface area contributed by atoms with Crippen molar-refractivity contribution in [3.05, 3.63) is 29.8 Å². The molecule has 0 saturated carbocycles. The first kappa shape index (κ1) is 16.0. The van der Waals surface area contributed by atoms with E-state index in [1.54, 1.807) is 14.2 Å². The van der Waals surface area contributed by atoms with Gasteiger partial charge in [-0.3, -0.25) is 14.5 Å². The van der Waals surface area contributed by atoms with Crippen LogP contribution in [0.4, 0.5) is 0 Å². The third-order valence-corrected chi connectivity index (χ3v) is 3.04. The van der Waals surface area contributed by atoms with Crippen molar-refractivity contribution >= 4 is 11.9 Å². The maximum absolute atomic E-state index is 11.7. The number of nitrogens with one attached hydrogen (secondary N) is 1. The Morgan fingerprint density at radius 3 is 2.75 bits per heavy atom. The van der Waals surface area contributed by atoms with Crippen LogP contribution in [0.1, 0.15) is 12.5 Å². The second-order valence-corrected chi connectivity index (χ2v) is 4.56. The summed E-state index contributed by atoms with van der Waals surface area (Å²) in [6.45, 7) is 1.96. The number of rotatable bonds is 7. The molecule has 0 aliphatic rings. The number of carbonyl (C=O) groups excluding carboxylic acids is 1. The highest BCUT2D eigenvalue weighted by molar-refractivity contribution is 5.79. The number of aliphatic carboxylic acids is 1. The van der Waals surface area contributed by atoms with Gasteiger partial charge in [-0.1, -0.05) is 12.1 Å². The average molecular weight is 280 g/mol. The van der Waals surface area contributed by atoms with Gasteiger partial charge in [-0.2, -0.15) is 0 Å². The van der Waals surface area contributed by atoms with Crippen LogP contribution in [0.15, 0.2) is 24.3 Å². The lowest BCUT2D eigenvalue weighted by atomic mass is 10.2. The summed E-state index contributed by atoms with van der Waals surface area (Å²) in [4.78, 5) is 24.0. The lowest BCUT2D eigenvalue weighted by molar-refractivity contribution is -0.142. The molecule has 1 rings (SSSR count). The fraction of sp³-hybridized carbons (Fsp3) is 0.429. The number of benzene rings is 1. The molecule has 20 heavy (non-hydrogen) atoms. The van der Waals surface area contributed by atoms with E-state index < -0.39 is 12.0 Å². The topological polar surface area (TPSA) is 78.9 Å². The van der Waals surface area contributed by atoms with Crippen LogP contribution in [-0.2, 0) is 16.1 Å². The molecule has 0 spiro atoms. The average Bonchev–Trinajstić information content (AvgIpc) is 2.44. The van der Waals surface area contributed by atoms with Crippen molar-refractivity contribution in [3.63, 3.8) is 0 Å². The standard InChI is InChI=1S/C14H20N2O4/c1-10(14(18)19)16(2)9-13(17)15-8-11-5-4-6-12(7-11)20-3/h4-7,10H,8-9H2,1-3H3,(H,15,17)(H,18,19). The van der Waals surface area contributed by atoms with Crippen LogP contribution in [0, 0.1) is 0 Å². The lowest BCUT2D eigenvalue weighted by Gasteiger charge is -2.20. The zero-order valence-corrected chi connectivity index (χ0v) is 11.9. The third kappa shape index (κ3) is 4.89. The summed E-state index contributed by atoms with van der Waals surface area (Å²) in [5.74, 6) is -0.440. The predicted molar refractivity (Wildman–Crippen MR) is 74.6 cm³/mol. The zero-order chi connectivity index (χ0) is 15.1. The predicted octanol–water partition coefficient (Wildman–Crippen LogP) is 0.716. The maximum Gasteiger partial charge on any atom is 0.320 e. The van der Waals surface area contributed by atoms with Gasteiger partial charge in [-0.05, 0) is 31.7 Å². The lowest BCUT2D eigenvalue weighted by Crippen LogP contribution is -2.42. The van der Waals surface area contributed by atoms with Gasteiger partial charge in [0.2, 0.25) is 5.91 Å². The summed E-state index contributed by atoms with van der Waals surface area (Å²) in [6, 6.07) is 6.70. The van der Waals surface area contributed by atoms with E-state index in [0.29, 0.717) is 6.54 Å². The van der Waals surface area contributed by atoms with E-state index in [1.807, 2.05) is 24.3 Å². The first-order valence-corrected chi connectivity index (χ1v) is 6.26. The summed E-state index contributed by atoms with van der Waals surface area (Å²) in [5.41, 5.74) is 0.923. The van der Waals surface area contributed by atoms with Gasteiger partial charge in [0, 0.05) is 6.54 Å². The van der Waals surface area contributed by atoms with E-state index in [2.05, 4.69) is 5.32 Å². The molecule has 1 aromatic rings. The molecule has 1 unspecified atom stereocenters. The van der Waals surface area contributed by atoms with E-state index >= 15 is 0 Å². The summed E-state index contributed by atoms with van der Waals surface area (Å²) in [7, 11) is 3.18. The Bertz CT molecular complexity index is 476. The number of carboxylic acid groups (broad SMARTS) is 1. The SMILES string of the molecule is COc1cccc(CNC(=O)CN(C)C(C)C(=O)O)c1. The van der Waals surface area contributed by atoms with Crippen molar-refractivity contribution < 1.29 is 19.4 Å². The number of ether oxygens (including phenoxy) is 1. The van der Waals surface area contributed by atoms with Crippen molar-refractivity contribution in [1.82, 2.24) is 10.2 Å². The first-order valence-electron chi connectivity index (χ1n) is 6.26. The molecule has 0 aromatic heterocycles. The Balaban J connectivity index is 2.45. The molecular weight excluding hydrogens is 260 g/mol. The highest BCUT2D eigenvalue weighted by Gasteiger charge is 2.18. The van der Waals surface area contributed by atoms with Gasteiger partial charge in [0.1, 0.15) is 11.8 Å². The van der Waals surface area contributed by atoms with Crippen molar-refractivity contribution in [1.29, 1.82) is 0 Å². The monoisotopic (exact) mass is 280 g/mol. The molecule has 1 amide bonds. The van der Waals surface area contributed by atoms with Gasteiger partial charge in [-0.15, -0.1) is 0 Å². The van der Waals surface area contributed by atoms with Crippen LogP contribution in [0.25, 0.3) is 0 Å². The fourth-order valence-electron chi connectivity index (χ4n) is 1.59. The molecule has 110 valence electrons. The van der Waals surface area contributed by atoms with Gasteiger partial charge in [0.05, 0.1) is 13.7 Å². The van der Waals surface area contributed by atoms with Crippen molar-refractivity contribution in [2.24, 2.45) is 0 Å². The molecule has 0 radical (unpaired) electrons. The van der Waals surface area contributed by atoms with Crippen LogP contribution in [0.2, 0.25) is 0 Å². The van der Waals surface area contributed by atoms with Gasteiger partial charge < -0.3 is 15.2 Å². The van der Waals surface area contributed by atoms with Gasteiger partial charge >= 0.3 is 5.97 Å². The molecule has 1 atom stereocenters. The Labute approximate surface area is 118 Å². The van der Waals surface area contributed by atoms with Crippen LogP contribution >= 0.6 is 0 Å². The van der Waals surface area contributed by atoms with E-state index in [4.69, 9.17) is 9.84 Å². The smallest absolute Gasteiger partial charge is 0.320 e. The number of hydrogen-bond acceptors (Lipinski definition) is 4. The number of nitrogens with zero attached hydrogens (tertiary/aromatic N) is 1. The molecular formula is C14H20N2O4. The number of hydrogen-bond donors (Lipinski definition) is 2. The summed E-state index contributed by atoms with van der Waals surface area (Å²) in [6.07, 6.45) is 0. The van der Waals surface area contributed by atoms with Crippen LogP contribution < -0.4 is 10.1 Å². The highest BCUT2D eigenvalue weighted by Crippen LogP contribution is 2.12. The number of carbonyl (C=O) groups is 2. The number of amides is 1. The minimum atomic E-state index is -0.951. The van der Waals surface area contributed by atoms with E-state index in [0.717, 1.165) is 11.3 Å². The first-order chi connectivity index (χ1) is 9.43. The molecule has 0 saturated heterocycles. The minimum Gasteiger partial charge on any atom is -0.497 e. The molecule has 6 nitrogen and oxygen atoms in total. The molecule has 0 aliphatic heterocycles. The Hall–Kier alpha value is -2.08. The van der Waals surface area contributed by atoms with Crippen LogP contribution in [-0.4, -0.2) is 48.6 Å². The van der Waals surface area contributed by atoms with E-state index in [1.165, 1.54) is 11.8 Å². The Morgan fingerprint density at radius 1 is 1.45 bits per heavy atom. The van der Waals surface area contributed by atoms with Crippen molar-refractivity contribution in [3.8, 4) is 5.75 Å². The van der Waals surface area contributed by atoms with Gasteiger partial charge in [0.15, 0.2) is 0 Å². The number of likely N-dealkylation sites (N-methyl/N-ethyl adjacent to an activating group) is 1. The quantitative estimate of drug-likeness (QED) is 0.769. The van der Waals surface area contributed by atoms with Gasteiger partial charge in [0.25, 0.3) is 0 Å². The molecule has 0 heterocycles. The third-order valence-electron chi connectivity index (χ3n) is 3.04. The summed E-state index contributed by atoms with van der Waals surface area (Å²) in [5, 5.41) is 11.6.